The summed E-state index contributed by atoms with van der Waals surface area (Å²) in [5.74, 6) is -2.20. The maximum absolute atomic E-state index is 12.4. The summed E-state index contributed by atoms with van der Waals surface area (Å²) in [6.45, 7) is -1.11. The second-order valence-corrected chi connectivity index (χ2v) is 16.2. The Kier molecular flexibility index (Phi) is 19.1. The molecule has 0 aromatic heterocycles. The Balaban J connectivity index is 1.30. The predicted octanol–water partition coefficient (Wildman–Crippen LogP) is -11.5. The number of hydrogen-bond donors (Lipinski definition) is 17. The molecule has 0 aromatic rings. The van der Waals surface area contributed by atoms with E-state index in [2.05, 4.69) is 16.0 Å². The van der Waals surface area contributed by atoms with E-state index in [4.69, 9.17) is 42.6 Å². The molecule has 0 radical (unpaired) electrons. The van der Waals surface area contributed by atoms with Gasteiger partial charge in [0.2, 0.25) is 17.7 Å². The van der Waals surface area contributed by atoms with Gasteiger partial charge in [0, 0.05) is 20.8 Å². The fourth-order valence-electron chi connectivity index (χ4n) is 8.14. The zero-order valence-electron chi connectivity index (χ0n) is 35.1. The first-order valence-electron chi connectivity index (χ1n) is 20.6. The average molecular weight is 952 g/mol. The summed E-state index contributed by atoms with van der Waals surface area (Å²) in [6, 6.07) is -4.66. The highest BCUT2D eigenvalue weighted by atomic mass is 16.8. The standard InChI is InChI=1S/C36H61N3O26/c1-9(44)37-17-23(50)20(47)12(4-40)59-34(17)63-30-15(7-43)62-36(28(55)26(30)53)64-29-14(6-42)61-33(18(24(29)51)38-10(2)45)57-8-16-22(49)31(19(32(56)58-16)39-11(3)46)65-35-27(54)25(52)21(48)13(5-41)60-35/h12-36,40-43,47-56H,4-8H2,1-3H3,(H,37,44)(H,38,45)(H,39,46)/t12-,13-,14-,15-,16-,17-,18-,19-,20-,21+,22+,23-,24-,25+,26-,27-,28-,29-,30+,31-,32-,33-,34-,35+,36+/m1/s1. The number of rotatable bonds is 16. The van der Waals surface area contributed by atoms with Crippen LogP contribution in [-0.4, -0.2) is 276 Å². The van der Waals surface area contributed by atoms with E-state index in [0.717, 1.165) is 20.8 Å². The molecule has 5 aliphatic heterocycles. The van der Waals surface area contributed by atoms with E-state index < -0.39 is 204 Å². The van der Waals surface area contributed by atoms with Gasteiger partial charge >= 0.3 is 0 Å². The van der Waals surface area contributed by atoms with Gasteiger partial charge in [-0.15, -0.1) is 0 Å². The molecule has 0 aromatic carbocycles. The predicted molar refractivity (Wildman–Crippen MR) is 201 cm³/mol. The highest BCUT2D eigenvalue weighted by Crippen LogP contribution is 2.34. The highest BCUT2D eigenvalue weighted by molar-refractivity contribution is 5.74. The van der Waals surface area contributed by atoms with Gasteiger partial charge in [0.25, 0.3) is 0 Å². The van der Waals surface area contributed by atoms with E-state index in [1.54, 1.807) is 0 Å². The normalized spacial score (nSPS) is 47.1. The number of aliphatic hydroxyl groups excluding tert-OH is 14. The third-order valence-electron chi connectivity index (χ3n) is 11.5. The van der Waals surface area contributed by atoms with Crippen molar-refractivity contribution in [2.75, 3.05) is 33.0 Å². The summed E-state index contributed by atoms with van der Waals surface area (Å²) < 4.78 is 51.1. The van der Waals surface area contributed by atoms with Crippen LogP contribution in [0.2, 0.25) is 0 Å². The van der Waals surface area contributed by atoms with Crippen LogP contribution in [0.5, 0.6) is 0 Å². The largest absolute Gasteiger partial charge is 0.394 e. The molecule has 17 N–H and O–H groups in total. The third kappa shape index (κ3) is 12.0. The molecule has 5 fully saturated rings. The summed E-state index contributed by atoms with van der Waals surface area (Å²) in [6.07, 6.45) is -39.1. The average Bonchev–Trinajstić information content (AvgIpc) is 3.26. The van der Waals surface area contributed by atoms with Crippen molar-refractivity contribution in [2.24, 2.45) is 0 Å². The molecule has 0 spiro atoms. The van der Waals surface area contributed by atoms with Crippen LogP contribution in [-0.2, 0) is 57.0 Å². The lowest BCUT2D eigenvalue weighted by Gasteiger charge is -2.49. The lowest BCUT2D eigenvalue weighted by molar-refractivity contribution is -0.370. The molecule has 5 aliphatic rings. The summed E-state index contributed by atoms with van der Waals surface area (Å²) >= 11 is 0. The van der Waals surface area contributed by atoms with Crippen LogP contribution < -0.4 is 16.0 Å². The van der Waals surface area contributed by atoms with Crippen LogP contribution in [0.25, 0.3) is 0 Å². The summed E-state index contributed by atoms with van der Waals surface area (Å²) in [5, 5.41) is 155. The Labute approximate surface area is 369 Å². The Morgan fingerprint density at radius 2 is 0.800 bits per heavy atom. The van der Waals surface area contributed by atoms with E-state index in [-0.39, 0.29) is 0 Å². The molecular formula is C36H61N3O26. The monoisotopic (exact) mass is 951 g/mol. The van der Waals surface area contributed by atoms with Crippen LogP contribution in [0.4, 0.5) is 0 Å². The first-order valence-corrected chi connectivity index (χ1v) is 20.6. The molecule has 3 amide bonds. The maximum atomic E-state index is 12.4. The van der Waals surface area contributed by atoms with Gasteiger partial charge < -0.3 is 130 Å². The molecule has 29 nitrogen and oxygen atoms in total. The minimum absolute atomic E-state index is 0.700. The highest BCUT2D eigenvalue weighted by Gasteiger charge is 2.56. The zero-order valence-corrected chi connectivity index (χ0v) is 35.1. The van der Waals surface area contributed by atoms with Crippen LogP contribution in [0.3, 0.4) is 0 Å². The van der Waals surface area contributed by atoms with Crippen molar-refractivity contribution in [3.8, 4) is 0 Å². The lowest BCUT2D eigenvalue weighted by atomic mass is 9.94. The summed E-state index contributed by atoms with van der Waals surface area (Å²) in [4.78, 5) is 36.3. The van der Waals surface area contributed by atoms with Crippen molar-refractivity contribution in [3.63, 3.8) is 0 Å². The Morgan fingerprint density at radius 1 is 0.400 bits per heavy atom. The van der Waals surface area contributed by atoms with Gasteiger partial charge in [0.1, 0.15) is 122 Å². The third-order valence-corrected chi connectivity index (χ3v) is 11.5. The fraction of sp³-hybridized carbons (Fsp3) is 0.917. The number of amides is 3. The minimum atomic E-state index is -2.09. The molecular weight excluding hydrogens is 890 g/mol. The van der Waals surface area contributed by atoms with E-state index in [0.29, 0.717) is 0 Å². The van der Waals surface area contributed by atoms with Crippen molar-refractivity contribution in [1.29, 1.82) is 0 Å². The number of nitrogens with one attached hydrogen (secondary N) is 3. The Bertz CT molecular complexity index is 1550. The van der Waals surface area contributed by atoms with Gasteiger partial charge in [0.05, 0.1) is 33.0 Å². The van der Waals surface area contributed by atoms with Gasteiger partial charge in [-0.25, -0.2) is 0 Å². The molecule has 0 saturated carbocycles. The van der Waals surface area contributed by atoms with Crippen LogP contribution in [0.1, 0.15) is 20.8 Å². The second kappa shape index (κ2) is 23.2. The number of hydrogen-bond acceptors (Lipinski definition) is 26. The molecule has 65 heavy (non-hydrogen) atoms. The first kappa shape index (κ1) is 53.4. The number of carbonyl (C=O) groups is 3. The van der Waals surface area contributed by atoms with Gasteiger partial charge in [-0.2, -0.15) is 0 Å². The molecule has 5 heterocycles. The van der Waals surface area contributed by atoms with Crippen molar-refractivity contribution < 1.29 is 129 Å². The van der Waals surface area contributed by atoms with Crippen molar-refractivity contribution >= 4 is 17.7 Å². The molecule has 29 heteroatoms. The molecule has 376 valence electrons. The van der Waals surface area contributed by atoms with E-state index in [1.165, 1.54) is 0 Å². The summed E-state index contributed by atoms with van der Waals surface area (Å²) in [7, 11) is 0. The molecule has 0 aliphatic carbocycles. The number of carbonyl (C=O) groups excluding carboxylic acids is 3. The number of ether oxygens (including phenoxy) is 9. The van der Waals surface area contributed by atoms with E-state index in [9.17, 15) is 85.9 Å². The molecule has 5 saturated heterocycles. The van der Waals surface area contributed by atoms with E-state index >= 15 is 0 Å². The number of aliphatic hydroxyl groups is 14. The topological polar surface area (TPSA) is 454 Å². The Hall–Kier alpha value is -2.51. The van der Waals surface area contributed by atoms with Gasteiger partial charge in [-0.1, -0.05) is 0 Å². The van der Waals surface area contributed by atoms with Gasteiger partial charge in [-0.3, -0.25) is 14.4 Å². The SMILES string of the molecule is CC(=O)N[C@@H]1[C@@H](O[C@@H]2O[C@H](CO)[C@H](O)[C@H](O)[C@H]2O)[C@@H](O)[C@@H](CO[C@@H]2O[C@H](CO)[C@@H](O[C@@H]3O[C@H](CO)[C@H](O[C@H]4O[C@H](CO)[C@@H](O)[C@H](O)[C@H]4NC(C)=O)[C@H](O)[C@H]3O)[C@H](O)[C@H]2NC(C)=O)O[C@H]1O. The quantitative estimate of drug-likeness (QED) is 0.0683. The molecule has 25 atom stereocenters. The maximum Gasteiger partial charge on any atom is 0.217 e. The van der Waals surface area contributed by atoms with Crippen LogP contribution >= 0.6 is 0 Å². The minimum Gasteiger partial charge on any atom is -0.394 e. The fourth-order valence-corrected chi connectivity index (χ4v) is 8.14. The lowest BCUT2D eigenvalue weighted by Crippen LogP contribution is -2.69. The van der Waals surface area contributed by atoms with E-state index in [1.807, 2.05) is 0 Å². The van der Waals surface area contributed by atoms with Crippen LogP contribution in [0.15, 0.2) is 0 Å². The first-order chi connectivity index (χ1) is 30.7. The van der Waals surface area contributed by atoms with Crippen molar-refractivity contribution in [3.05, 3.63) is 0 Å². The summed E-state index contributed by atoms with van der Waals surface area (Å²) in [5.41, 5.74) is 0. The molecule has 5 rings (SSSR count). The van der Waals surface area contributed by atoms with Crippen molar-refractivity contribution in [1.82, 2.24) is 16.0 Å². The molecule has 0 bridgehead atoms. The second-order valence-electron chi connectivity index (χ2n) is 16.2. The Morgan fingerprint density at radius 3 is 1.32 bits per heavy atom. The van der Waals surface area contributed by atoms with Crippen LogP contribution in [0, 0.1) is 0 Å². The smallest absolute Gasteiger partial charge is 0.217 e. The van der Waals surface area contributed by atoms with Crippen molar-refractivity contribution in [2.45, 2.75) is 174 Å². The van der Waals surface area contributed by atoms with Gasteiger partial charge in [0.15, 0.2) is 31.5 Å². The molecule has 0 unspecified atom stereocenters. The zero-order chi connectivity index (χ0) is 48.2. The van der Waals surface area contributed by atoms with Gasteiger partial charge in [-0.05, 0) is 0 Å².